The van der Waals surface area contributed by atoms with E-state index in [2.05, 4.69) is 42.4 Å². The van der Waals surface area contributed by atoms with E-state index in [1.807, 2.05) is 42.6 Å². The van der Waals surface area contributed by atoms with Crippen LogP contribution in [0.15, 0.2) is 60.3 Å². The zero-order valence-electron chi connectivity index (χ0n) is 25.5. The van der Waals surface area contributed by atoms with Gasteiger partial charge in [-0.25, -0.2) is 4.79 Å². The molecule has 0 aliphatic heterocycles. The third-order valence-electron chi connectivity index (χ3n) is 8.94. The molecule has 2 aliphatic rings. The minimum Gasteiger partial charge on any atom is -0.493 e. The number of aliphatic hydroxyl groups is 1. The molecular weight excluding hydrogens is 560 g/mol. The Morgan fingerprint density at radius 3 is 2.79 bits per heavy atom. The van der Waals surface area contributed by atoms with Crippen molar-refractivity contribution in [2.75, 3.05) is 19.0 Å². The number of aliphatic hydroxyl groups excluding tert-OH is 1. The molecule has 7 heteroatoms. The number of halogens is 1. The number of hydrogen-bond acceptors (Lipinski definition) is 6. The molecule has 228 valence electrons. The lowest BCUT2D eigenvalue weighted by Gasteiger charge is -2.33. The summed E-state index contributed by atoms with van der Waals surface area (Å²) >= 11 is 6.30. The van der Waals surface area contributed by atoms with Gasteiger partial charge in [-0.15, -0.1) is 0 Å². The Morgan fingerprint density at radius 2 is 2.00 bits per heavy atom. The molecule has 1 aromatic heterocycles. The molecule has 43 heavy (non-hydrogen) atoms. The molecule has 1 heterocycles. The summed E-state index contributed by atoms with van der Waals surface area (Å²) in [4.78, 5) is 18.1. The number of carbonyl (C=O) groups is 1. The maximum absolute atomic E-state index is 13.5. The lowest BCUT2D eigenvalue weighted by Crippen LogP contribution is -2.47. The van der Waals surface area contributed by atoms with Crippen molar-refractivity contribution in [1.82, 2.24) is 4.98 Å². The average molecular weight is 603 g/mol. The van der Waals surface area contributed by atoms with Crippen LogP contribution in [0.2, 0.25) is 5.02 Å². The molecule has 0 unspecified atom stereocenters. The maximum atomic E-state index is 13.5. The first-order valence-corrected chi connectivity index (χ1v) is 15.8. The molecule has 0 amide bonds. The van der Waals surface area contributed by atoms with Gasteiger partial charge in [-0.1, -0.05) is 61.4 Å². The Kier molecular flexibility index (Phi) is 10.1. The zero-order valence-corrected chi connectivity index (χ0v) is 26.3. The summed E-state index contributed by atoms with van der Waals surface area (Å²) in [5.74, 6) is 1.38. The number of carbonyl (C=O) groups excluding carboxylic acids is 1. The van der Waals surface area contributed by atoms with E-state index in [1.54, 1.807) is 0 Å². The van der Waals surface area contributed by atoms with E-state index < -0.39 is 5.54 Å². The number of pyridine rings is 1. The number of benzene rings is 2. The fourth-order valence-corrected chi connectivity index (χ4v) is 6.83. The van der Waals surface area contributed by atoms with Gasteiger partial charge in [-0.05, 0) is 104 Å². The number of allylic oxidation sites excluding steroid dienone is 1. The predicted molar refractivity (Wildman–Crippen MR) is 173 cm³/mol. The molecule has 0 saturated carbocycles. The highest BCUT2D eigenvalue weighted by Crippen LogP contribution is 2.38. The van der Waals surface area contributed by atoms with E-state index in [0.29, 0.717) is 36.8 Å². The number of fused-ring (bicyclic) bond motifs is 2. The van der Waals surface area contributed by atoms with Gasteiger partial charge in [0.2, 0.25) is 0 Å². The monoisotopic (exact) mass is 602 g/mol. The van der Waals surface area contributed by atoms with Gasteiger partial charge in [0.05, 0.1) is 20.3 Å². The number of esters is 1. The highest BCUT2D eigenvalue weighted by Gasteiger charge is 2.40. The summed E-state index contributed by atoms with van der Waals surface area (Å²) in [5.41, 5.74) is 6.62. The Hall–Kier alpha value is -3.35. The number of aryl methyl sites for hydroxylation is 2. The molecule has 6 nitrogen and oxygen atoms in total. The minimum absolute atomic E-state index is 0.0293. The molecule has 2 aliphatic carbocycles. The third-order valence-corrected chi connectivity index (χ3v) is 9.17. The summed E-state index contributed by atoms with van der Waals surface area (Å²) < 4.78 is 11.9. The largest absolute Gasteiger partial charge is 0.493 e. The van der Waals surface area contributed by atoms with Crippen molar-refractivity contribution in [1.29, 1.82) is 0 Å². The zero-order chi connectivity index (χ0) is 30.4. The molecular formula is C36H43ClN2O4. The summed E-state index contributed by atoms with van der Waals surface area (Å²) in [5, 5.41) is 14.0. The Balaban J connectivity index is 1.41. The SMILES string of the molecule is COC(=O)[C@]1(Nc2cccc(Cl)c2)CC/C(C[C@@H](C)COc2ccnc3c2[C@H](C)CCC3)=C\c2ccc(CO)cc2CC1. The third kappa shape index (κ3) is 7.42. The lowest BCUT2D eigenvalue weighted by molar-refractivity contribution is -0.146. The van der Waals surface area contributed by atoms with Gasteiger partial charge in [0.15, 0.2) is 0 Å². The van der Waals surface area contributed by atoms with Crippen molar-refractivity contribution in [3.8, 4) is 5.75 Å². The summed E-state index contributed by atoms with van der Waals surface area (Å²) in [7, 11) is 1.45. The second-order valence-electron chi connectivity index (χ2n) is 12.3. The van der Waals surface area contributed by atoms with E-state index in [0.717, 1.165) is 47.4 Å². The van der Waals surface area contributed by atoms with Crippen LogP contribution >= 0.6 is 11.6 Å². The maximum Gasteiger partial charge on any atom is 0.331 e. The number of hydrogen-bond donors (Lipinski definition) is 2. The Bertz CT molecular complexity index is 1470. The van der Waals surface area contributed by atoms with Crippen molar-refractivity contribution in [2.45, 2.75) is 83.3 Å². The first kappa shape index (κ1) is 31.1. The van der Waals surface area contributed by atoms with Crippen molar-refractivity contribution in [3.63, 3.8) is 0 Å². The Labute approximate surface area is 260 Å². The molecule has 5 rings (SSSR count). The van der Waals surface area contributed by atoms with E-state index >= 15 is 0 Å². The smallest absolute Gasteiger partial charge is 0.331 e. The number of nitrogens with one attached hydrogen (secondary N) is 1. The van der Waals surface area contributed by atoms with Gasteiger partial charge in [-0.3, -0.25) is 4.98 Å². The minimum atomic E-state index is -0.943. The van der Waals surface area contributed by atoms with Crippen LogP contribution in [0.1, 0.15) is 86.2 Å². The quantitative estimate of drug-likeness (QED) is 0.242. The number of nitrogens with zero attached hydrogens (tertiary/aromatic N) is 1. The predicted octanol–water partition coefficient (Wildman–Crippen LogP) is 7.91. The van der Waals surface area contributed by atoms with E-state index in [1.165, 1.54) is 36.8 Å². The molecule has 0 saturated heterocycles. The topological polar surface area (TPSA) is 80.7 Å². The van der Waals surface area contributed by atoms with Crippen LogP contribution < -0.4 is 10.1 Å². The molecule has 0 bridgehead atoms. The van der Waals surface area contributed by atoms with E-state index in [9.17, 15) is 9.90 Å². The van der Waals surface area contributed by atoms with Crippen molar-refractivity contribution in [2.24, 2.45) is 5.92 Å². The van der Waals surface area contributed by atoms with Crippen LogP contribution in [0.4, 0.5) is 5.69 Å². The van der Waals surface area contributed by atoms with E-state index in [4.69, 9.17) is 21.1 Å². The standard InChI is InChI=1S/C36H43ClN2O4/c1-24(23-43-33-14-17-38-32-9-4-6-25(2)34(32)33)18-26-12-15-36(35(41)42-3,39-31-8-5-7-30(37)21-31)16-13-29-20-27(22-40)10-11-28(29)19-26/h5,7-8,10-11,14,17,19-21,24-25,39-40H,4,6,9,12-13,15-16,18,22-23H2,1-3H3/b26-19+/t24-,25-,36+/m1/s1. The number of rotatable bonds is 9. The number of aromatic nitrogens is 1. The fraction of sp³-hybridized carbons (Fsp3) is 0.444. The number of methoxy groups -OCH3 is 1. The molecule has 0 fully saturated rings. The van der Waals surface area contributed by atoms with E-state index in [-0.39, 0.29) is 18.5 Å². The Morgan fingerprint density at radius 1 is 1.16 bits per heavy atom. The average Bonchev–Trinajstić information content (AvgIpc) is 3.08. The molecule has 0 spiro atoms. The van der Waals surface area contributed by atoms with Gasteiger partial charge in [0.25, 0.3) is 0 Å². The van der Waals surface area contributed by atoms with Crippen LogP contribution in [0.5, 0.6) is 5.75 Å². The first-order valence-electron chi connectivity index (χ1n) is 15.4. The van der Waals surface area contributed by atoms with Crippen molar-refractivity contribution < 1.29 is 19.4 Å². The van der Waals surface area contributed by atoms with Crippen molar-refractivity contribution in [3.05, 3.63) is 93.3 Å². The van der Waals surface area contributed by atoms with Gasteiger partial charge in [0.1, 0.15) is 11.3 Å². The van der Waals surface area contributed by atoms with Crippen LogP contribution in [0, 0.1) is 5.92 Å². The second-order valence-corrected chi connectivity index (χ2v) is 12.7. The van der Waals surface area contributed by atoms with Crippen LogP contribution in [0.3, 0.4) is 0 Å². The number of anilines is 1. The van der Waals surface area contributed by atoms with Crippen LogP contribution in [-0.2, 0) is 29.0 Å². The van der Waals surface area contributed by atoms with Gasteiger partial charge in [-0.2, -0.15) is 0 Å². The summed E-state index contributed by atoms with van der Waals surface area (Å²) in [6, 6.07) is 15.6. The summed E-state index contributed by atoms with van der Waals surface area (Å²) in [6.07, 6.45) is 10.8. The second kappa shape index (κ2) is 14.0. The van der Waals surface area contributed by atoms with Gasteiger partial charge < -0.3 is 19.9 Å². The fourth-order valence-electron chi connectivity index (χ4n) is 6.64. The van der Waals surface area contributed by atoms with Crippen LogP contribution in [-0.4, -0.2) is 35.3 Å². The molecule has 3 aromatic rings. The molecule has 2 N–H and O–H groups in total. The normalized spacial score (nSPS) is 22.0. The first-order chi connectivity index (χ1) is 20.8. The van der Waals surface area contributed by atoms with Gasteiger partial charge in [0, 0.05) is 28.2 Å². The highest BCUT2D eigenvalue weighted by atomic mass is 35.5. The number of ether oxygens (including phenoxy) is 2. The van der Waals surface area contributed by atoms with Gasteiger partial charge >= 0.3 is 5.97 Å². The van der Waals surface area contributed by atoms with Crippen LogP contribution in [0.25, 0.3) is 6.08 Å². The molecule has 0 radical (unpaired) electrons. The summed E-state index contributed by atoms with van der Waals surface area (Å²) in [6.45, 7) is 5.05. The molecule has 2 aromatic carbocycles. The molecule has 3 atom stereocenters. The lowest BCUT2D eigenvalue weighted by atomic mass is 9.84. The highest BCUT2D eigenvalue weighted by molar-refractivity contribution is 6.30. The van der Waals surface area contributed by atoms with Crippen molar-refractivity contribution >= 4 is 29.3 Å².